The van der Waals surface area contributed by atoms with Crippen LogP contribution < -0.4 is 0 Å². The molecule has 0 N–H and O–H groups in total. The fourth-order valence-electron chi connectivity index (χ4n) is 2.46. The van der Waals surface area contributed by atoms with Crippen LogP contribution in [0.4, 0.5) is 0 Å². The smallest absolute Gasteiger partial charge is 0.338 e. The fraction of sp³-hybridized carbons (Fsp3) is 0.579. The lowest BCUT2D eigenvalue weighted by molar-refractivity contribution is -0.153. The van der Waals surface area contributed by atoms with E-state index in [4.69, 9.17) is 9.47 Å². The summed E-state index contributed by atoms with van der Waals surface area (Å²) >= 11 is 0. The zero-order valence-corrected chi connectivity index (χ0v) is 15.0. The Morgan fingerprint density at radius 1 is 1.04 bits per heavy atom. The first kappa shape index (κ1) is 19.2. The van der Waals surface area contributed by atoms with Gasteiger partial charge in [0.25, 0.3) is 0 Å². The molecule has 0 aliphatic heterocycles. The Morgan fingerprint density at radius 2 is 1.61 bits per heavy atom. The van der Waals surface area contributed by atoms with Crippen LogP contribution in [-0.4, -0.2) is 24.6 Å². The van der Waals surface area contributed by atoms with Crippen molar-refractivity contribution in [2.75, 3.05) is 6.61 Å². The molecule has 0 aliphatic carbocycles. The standard InChI is InChI=1S/C19H28O4/c1-13(2)16(19(5,6)12-22-17(20)14(3)4)23-18(21)15-10-8-7-9-11-15/h7-11,13-14,16H,12H2,1-6H3. The van der Waals surface area contributed by atoms with E-state index in [0.29, 0.717) is 5.56 Å². The maximum atomic E-state index is 12.3. The van der Waals surface area contributed by atoms with Crippen LogP contribution in [0.25, 0.3) is 0 Å². The minimum atomic E-state index is -0.469. The Bertz CT molecular complexity index is 517. The Labute approximate surface area is 139 Å². The van der Waals surface area contributed by atoms with Crippen molar-refractivity contribution in [3.63, 3.8) is 0 Å². The quantitative estimate of drug-likeness (QED) is 0.710. The van der Waals surface area contributed by atoms with Gasteiger partial charge in [-0.2, -0.15) is 0 Å². The van der Waals surface area contributed by atoms with E-state index < -0.39 is 5.41 Å². The van der Waals surface area contributed by atoms with Crippen LogP contribution in [0.1, 0.15) is 51.9 Å². The van der Waals surface area contributed by atoms with Gasteiger partial charge in [0.1, 0.15) is 6.10 Å². The zero-order valence-electron chi connectivity index (χ0n) is 15.0. The molecule has 1 atom stereocenters. The SMILES string of the molecule is CC(C)C(=O)OCC(C)(C)C(OC(=O)c1ccccc1)C(C)C. The Hall–Kier alpha value is -1.84. The highest BCUT2D eigenvalue weighted by molar-refractivity contribution is 5.89. The lowest BCUT2D eigenvalue weighted by Gasteiger charge is -2.36. The minimum Gasteiger partial charge on any atom is -0.465 e. The molecule has 0 amide bonds. The molecule has 0 saturated carbocycles. The topological polar surface area (TPSA) is 52.6 Å². The summed E-state index contributed by atoms with van der Waals surface area (Å²) in [5.41, 5.74) is 0.0523. The van der Waals surface area contributed by atoms with Gasteiger partial charge in [-0.3, -0.25) is 4.79 Å². The van der Waals surface area contributed by atoms with Gasteiger partial charge in [0.15, 0.2) is 0 Å². The molecule has 0 radical (unpaired) electrons. The Kier molecular flexibility index (Phi) is 6.79. The number of hydrogen-bond donors (Lipinski definition) is 0. The normalized spacial score (nSPS) is 13.0. The van der Waals surface area contributed by atoms with Crippen molar-refractivity contribution >= 4 is 11.9 Å². The minimum absolute atomic E-state index is 0.107. The fourth-order valence-corrected chi connectivity index (χ4v) is 2.46. The Morgan fingerprint density at radius 3 is 2.09 bits per heavy atom. The summed E-state index contributed by atoms with van der Waals surface area (Å²) in [5, 5.41) is 0. The number of hydrogen-bond acceptors (Lipinski definition) is 4. The van der Waals surface area contributed by atoms with Gasteiger partial charge in [0.2, 0.25) is 0 Å². The van der Waals surface area contributed by atoms with Gasteiger partial charge in [-0.05, 0) is 18.1 Å². The average molecular weight is 320 g/mol. The van der Waals surface area contributed by atoms with E-state index in [1.165, 1.54) is 0 Å². The molecule has 0 saturated heterocycles. The molecule has 4 heteroatoms. The molecular weight excluding hydrogens is 292 g/mol. The highest BCUT2D eigenvalue weighted by Crippen LogP contribution is 2.30. The lowest BCUT2D eigenvalue weighted by Crippen LogP contribution is -2.42. The van der Waals surface area contributed by atoms with Gasteiger partial charge in [0, 0.05) is 5.41 Å². The third-order valence-electron chi connectivity index (χ3n) is 3.68. The summed E-state index contributed by atoms with van der Waals surface area (Å²) in [4.78, 5) is 24.0. The van der Waals surface area contributed by atoms with E-state index in [-0.39, 0.29) is 36.5 Å². The number of carbonyl (C=O) groups excluding carboxylic acids is 2. The van der Waals surface area contributed by atoms with Gasteiger partial charge < -0.3 is 9.47 Å². The molecule has 0 aromatic heterocycles. The van der Waals surface area contributed by atoms with Crippen LogP contribution in [-0.2, 0) is 14.3 Å². The van der Waals surface area contributed by atoms with Gasteiger partial charge in [-0.1, -0.05) is 59.7 Å². The largest absolute Gasteiger partial charge is 0.465 e. The first-order valence-corrected chi connectivity index (χ1v) is 8.08. The molecular formula is C19H28O4. The van der Waals surface area contributed by atoms with Crippen LogP contribution in [0.5, 0.6) is 0 Å². The summed E-state index contributed by atoms with van der Waals surface area (Å²) in [7, 11) is 0. The predicted molar refractivity (Wildman–Crippen MR) is 90.1 cm³/mol. The number of benzene rings is 1. The predicted octanol–water partition coefficient (Wildman–Crippen LogP) is 4.09. The van der Waals surface area contributed by atoms with Crippen molar-refractivity contribution in [3.8, 4) is 0 Å². The van der Waals surface area contributed by atoms with Crippen LogP contribution in [0.3, 0.4) is 0 Å². The highest BCUT2D eigenvalue weighted by Gasteiger charge is 2.37. The highest BCUT2D eigenvalue weighted by atomic mass is 16.6. The molecule has 0 aliphatic rings. The number of esters is 2. The van der Waals surface area contributed by atoms with E-state index in [9.17, 15) is 9.59 Å². The second kappa shape index (κ2) is 8.14. The van der Waals surface area contributed by atoms with Crippen LogP contribution in [0.15, 0.2) is 30.3 Å². The van der Waals surface area contributed by atoms with Crippen LogP contribution >= 0.6 is 0 Å². The third-order valence-corrected chi connectivity index (χ3v) is 3.68. The molecule has 1 rings (SSSR count). The van der Waals surface area contributed by atoms with Crippen LogP contribution in [0.2, 0.25) is 0 Å². The molecule has 1 aromatic rings. The summed E-state index contributed by atoms with van der Waals surface area (Å²) in [6.07, 6.45) is -0.352. The molecule has 0 bridgehead atoms. The van der Waals surface area contributed by atoms with Crippen LogP contribution in [0, 0.1) is 17.3 Å². The van der Waals surface area contributed by atoms with Gasteiger partial charge >= 0.3 is 11.9 Å². The van der Waals surface area contributed by atoms with Crippen molar-refractivity contribution in [2.24, 2.45) is 17.3 Å². The third kappa shape index (κ3) is 5.70. The van der Waals surface area contributed by atoms with E-state index in [2.05, 4.69) is 0 Å². The van der Waals surface area contributed by atoms with Crippen molar-refractivity contribution < 1.29 is 19.1 Å². The maximum absolute atomic E-state index is 12.3. The average Bonchev–Trinajstić information content (AvgIpc) is 2.50. The lowest BCUT2D eigenvalue weighted by atomic mass is 9.81. The van der Waals surface area contributed by atoms with Gasteiger partial charge in [-0.25, -0.2) is 4.79 Å². The molecule has 0 fully saturated rings. The molecule has 23 heavy (non-hydrogen) atoms. The van der Waals surface area contributed by atoms with Crippen molar-refractivity contribution in [2.45, 2.75) is 47.6 Å². The molecule has 4 nitrogen and oxygen atoms in total. The van der Waals surface area contributed by atoms with Crippen molar-refractivity contribution in [3.05, 3.63) is 35.9 Å². The Balaban J connectivity index is 2.80. The zero-order chi connectivity index (χ0) is 17.6. The maximum Gasteiger partial charge on any atom is 0.338 e. The summed E-state index contributed by atoms with van der Waals surface area (Å²) < 4.78 is 11.1. The first-order valence-electron chi connectivity index (χ1n) is 8.08. The second-order valence-corrected chi connectivity index (χ2v) is 7.19. The number of carbonyl (C=O) groups is 2. The summed E-state index contributed by atoms with van der Waals surface area (Å²) in [5.74, 6) is -0.659. The van der Waals surface area contributed by atoms with Gasteiger partial charge in [0.05, 0.1) is 18.1 Å². The van der Waals surface area contributed by atoms with E-state index >= 15 is 0 Å². The monoisotopic (exact) mass is 320 g/mol. The van der Waals surface area contributed by atoms with Crippen molar-refractivity contribution in [1.29, 1.82) is 0 Å². The first-order chi connectivity index (χ1) is 10.6. The second-order valence-electron chi connectivity index (χ2n) is 7.19. The van der Waals surface area contributed by atoms with E-state index in [1.807, 2.05) is 33.8 Å². The molecule has 1 unspecified atom stereocenters. The van der Waals surface area contributed by atoms with E-state index in [1.54, 1.807) is 38.1 Å². The van der Waals surface area contributed by atoms with E-state index in [0.717, 1.165) is 0 Å². The summed E-state index contributed by atoms with van der Waals surface area (Å²) in [6.45, 7) is 11.7. The number of ether oxygens (including phenoxy) is 2. The van der Waals surface area contributed by atoms with Gasteiger partial charge in [-0.15, -0.1) is 0 Å². The summed E-state index contributed by atoms with van der Waals surface area (Å²) in [6, 6.07) is 8.91. The molecule has 1 aromatic carbocycles. The molecule has 0 spiro atoms. The number of rotatable bonds is 7. The van der Waals surface area contributed by atoms with Crippen molar-refractivity contribution in [1.82, 2.24) is 0 Å². The molecule has 128 valence electrons. The molecule has 0 heterocycles.